The molecule has 21 heavy (non-hydrogen) atoms. The van der Waals surface area contributed by atoms with Crippen LogP contribution < -0.4 is 5.32 Å². The molecule has 9 heteroatoms. The molecule has 0 bridgehead atoms. The van der Waals surface area contributed by atoms with Gasteiger partial charge in [0.1, 0.15) is 17.5 Å². The molecule has 2 rings (SSSR count). The Kier molecular flexibility index (Phi) is 3.71. The number of aromatic nitrogens is 2. The third-order valence-electron chi connectivity index (χ3n) is 2.42. The lowest BCUT2D eigenvalue weighted by Gasteiger charge is -2.10. The zero-order valence-electron chi connectivity index (χ0n) is 10.3. The van der Waals surface area contributed by atoms with Crippen LogP contribution in [0.1, 0.15) is 11.4 Å². The molecule has 1 heterocycles. The highest BCUT2D eigenvalue weighted by atomic mass is 19.2. The zero-order valence-corrected chi connectivity index (χ0v) is 10.3. The number of hydrogen-bond donors (Lipinski definition) is 1. The van der Waals surface area contributed by atoms with Crippen LogP contribution in [-0.2, 0) is 0 Å². The summed E-state index contributed by atoms with van der Waals surface area (Å²) in [5.74, 6) is -11.0. The smallest absolute Gasteiger partial charge is 0.228 e. The first-order chi connectivity index (χ1) is 9.85. The number of aryl methyl sites for hydroxylation is 1. The van der Waals surface area contributed by atoms with E-state index >= 15 is 0 Å². The van der Waals surface area contributed by atoms with Crippen molar-refractivity contribution in [1.29, 1.82) is 5.26 Å². The SMILES string of the molecule is Cc1cc(C#N)nc(Nc2c(F)c(F)c(F)c(F)c2F)n1. The number of hydrogen-bond acceptors (Lipinski definition) is 4. The Morgan fingerprint density at radius 3 is 2.00 bits per heavy atom. The van der Waals surface area contributed by atoms with E-state index in [1.54, 1.807) is 6.07 Å². The maximum absolute atomic E-state index is 13.5. The average Bonchev–Trinajstić information content (AvgIpc) is 2.47. The molecule has 0 radical (unpaired) electrons. The zero-order chi connectivity index (χ0) is 15.7. The molecule has 108 valence electrons. The predicted molar refractivity (Wildman–Crippen MR) is 61.0 cm³/mol. The molecule has 1 aromatic carbocycles. The van der Waals surface area contributed by atoms with E-state index in [1.165, 1.54) is 13.0 Å². The van der Waals surface area contributed by atoms with Gasteiger partial charge in [0, 0.05) is 5.69 Å². The van der Waals surface area contributed by atoms with Gasteiger partial charge in [-0.2, -0.15) is 5.26 Å². The summed E-state index contributed by atoms with van der Waals surface area (Å²) in [5, 5.41) is 10.6. The highest BCUT2D eigenvalue weighted by Gasteiger charge is 2.26. The molecule has 2 aromatic rings. The van der Waals surface area contributed by atoms with Crippen LogP contribution >= 0.6 is 0 Å². The Balaban J connectivity index is 2.55. The molecular formula is C12H5F5N4. The van der Waals surface area contributed by atoms with Gasteiger partial charge >= 0.3 is 0 Å². The van der Waals surface area contributed by atoms with Crippen LogP contribution in [0.2, 0.25) is 0 Å². The number of benzene rings is 1. The van der Waals surface area contributed by atoms with E-state index in [-0.39, 0.29) is 11.4 Å². The second-order valence-electron chi connectivity index (χ2n) is 3.90. The molecule has 1 N–H and O–H groups in total. The fourth-order valence-electron chi connectivity index (χ4n) is 1.51. The molecule has 1 aromatic heterocycles. The molecule has 0 aliphatic heterocycles. The lowest BCUT2D eigenvalue weighted by molar-refractivity contribution is 0.382. The highest BCUT2D eigenvalue weighted by Crippen LogP contribution is 2.28. The van der Waals surface area contributed by atoms with E-state index in [0.717, 1.165) is 0 Å². The van der Waals surface area contributed by atoms with Crippen molar-refractivity contribution in [2.45, 2.75) is 6.92 Å². The van der Waals surface area contributed by atoms with Gasteiger partial charge in [0.15, 0.2) is 23.3 Å². The molecule has 0 spiro atoms. The second kappa shape index (κ2) is 5.32. The number of nitriles is 1. The Morgan fingerprint density at radius 2 is 1.48 bits per heavy atom. The van der Waals surface area contributed by atoms with Gasteiger partial charge < -0.3 is 5.32 Å². The summed E-state index contributed by atoms with van der Waals surface area (Å²) < 4.78 is 65.9. The molecule has 0 fully saturated rings. The molecule has 0 aliphatic rings. The normalized spacial score (nSPS) is 10.3. The number of nitrogens with zero attached hydrogens (tertiary/aromatic N) is 3. The van der Waals surface area contributed by atoms with E-state index in [1.807, 2.05) is 5.32 Å². The number of halogens is 5. The van der Waals surface area contributed by atoms with Crippen LogP contribution in [0.4, 0.5) is 33.6 Å². The minimum Gasteiger partial charge on any atom is -0.319 e. The number of rotatable bonds is 2. The maximum Gasteiger partial charge on any atom is 0.228 e. The Bertz CT molecular complexity index is 740. The second-order valence-corrected chi connectivity index (χ2v) is 3.90. The summed E-state index contributed by atoms with van der Waals surface area (Å²) in [6, 6.07) is 2.95. The first-order valence-corrected chi connectivity index (χ1v) is 5.39. The van der Waals surface area contributed by atoms with Crippen LogP contribution in [0.15, 0.2) is 6.07 Å². The van der Waals surface area contributed by atoms with Crippen LogP contribution in [0.5, 0.6) is 0 Å². The molecule has 0 amide bonds. The lowest BCUT2D eigenvalue weighted by atomic mass is 10.2. The van der Waals surface area contributed by atoms with E-state index in [9.17, 15) is 22.0 Å². The van der Waals surface area contributed by atoms with Crippen molar-refractivity contribution in [2.75, 3.05) is 5.32 Å². The molecule has 0 aliphatic carbocycles. The quantitative estimate of drug-likeness (QED) is 0.526. The van der Waals surface area contributed by atoms with Crippen LogP contribution in [0.25, 0.3) is 0 Å². The van der Waals surface area contributed by atoms with Crippen molar-refractivity contribution < 1.29 is 22.0 Å². The highest BCUT2D eigenvalue weighted by molar-refractivity contribution is 5.56. The van der Waals surface area contributed by atoms with Gasteiger partial charge in [-0.25, -0.2) is 31.9 Å². The summed E-state index contributed by atoms with van der Waals surface area (Å²) in [6.45, 7) is 1.46. The van der Waals surface area contributed by atoms with E-state index < -0.39 is 40.7 Å². The Labute approximate surface area is 114 Å². The summed E-state index contributed by atoms with van der Waals surface area (Å²) >= 11 is 0. The van der Waals surface area contributed by atoms with E-state index in [0.29, 0.717) is 0 Å². The molecule has 0 saturated carbocycles. The van der Waals surface area contributed by atoms with Crippen molar-refractivity contribution in [3.8, 4) is 6.07 Å². The van der Waals surface area contributed by atoms with Gasteiger partial charge in [-0.15, -0.1) is 0 Å². The topological polar surface area (TPSA) is 61.6 Å². The minimum absolute atomic E-state index is 0.131. The summed E-state index contributed by atoms with van der Waals surface area (Å²) in [6.07, 6.45) is 0. The fourth-order valence-corrected chi connectivity index (χ4v) is 1.51. The predicted octanol–water partition coefficient (Wildman–Crippen LogP) is 3.10. The van der Waals surface area contributed by atoms with Crippen LogP contribution in [0, 0.1) is 47.3 Å². The lowest BCUT2D eigenvalue weighted by Crippen LogP contribution is -2.09. The Hall–Kier alpha value is -2.76. The van der Waals surface area contributed by atoms with Crippen molar-refractivity contribution >= 4 is 11.6 Å². The van der Waals surface area contributed by atoms with E-state index in [2.05, 4.69) is 9.97 Å². The minimum atomic E-state index is -2.27. The average molecular weight is 300 g/mol. The fraction of sp³-hybridized carbons (Fsp3) is 0.0833. The maximum atomic E-state index is 13.5. The Morgan fingerprint density at radius 1 is 0.952 bits per heavy atom. The van der Waals surface area contributed by atoms with Gasteiger partial charge in [0.2, 0.25) is 11.8 Å². The van der Waals surface area contributed by atoms with Gasteiger partial charge in [-0.1, -0.05) is 0 Å². The number of nitrogens with one attached hydrogen (secondary N) is 1. The van der Waals surface area contributed by atoms with Crippen LogP contribution in [0.3, 0.4) is 0 Å². The van der Waals surface area contributed by atoms with Gasteiger partial charge in [-0.3, -0.25) is 0 Å². The van der Waals surface area contributed by atoms with E-state index in [4.69, 9.17) is 5.26 Å². The molecule has 0 atom stereocenters. The van der Waals surface area contributed by atoms with Crippen molar-refractivity contribution in [3.63, 3.8) is 0 Å². The molecule has 0 unspecified atom stereocenters. The van der Waals surface area contributed by atoms with Gasteiger partial charge in [0.05, 0.1) is 0 Å². The van der Waals surface area contributed by atoms with Crippen LogP contribution in [-0.4, -0.2) is 9.97 Å². The summed E-state index contributed by atoms with van der Waals surface area (Å²) in [4.78, 5) is 7.25. The standard InChI is InChI=1S/C12H5F5N4/c1-4-2-5(3-18)20-12(19-4)21-11-9(16)7(14)6(13)8(15)10(11)17/h2H,1H3,(H,19,20,21). The van der Waals surface area contributed by atoms with Crippen molar-refractivity contribution in [3.05, 3.63) is 46.5 Å². The third kappa shape index (κ3) is 2.60. The van der Waals surface area contributed by atoms with Gasteiger partial charge in [-0.05, 0) is 13.0 Å². The monoisotopic (exact) mass is 300 g/mol. The summed E-state index contributed by atoms with van der Waals surface area (Å²) in [7, 11) is 0. The van der Waals surface area contributed by atoms with Gasteiger partial charge in [0.25, 0.3) is 0 Å². The third-order valence-corrected chi connectivity index (χ3v) is 2.42. The largest absolute Gasteiger partial charge is 0.319 e. The molecule has 0 saturated heterocycles. The van der Waals surface area contributed by atoms with Crippen molar-refractivity contribution in [1.82, 2.24) is 9.97 Å². The first kappa shape index (κ1) is 14.6. The number of anilines is 2. The molecule has 4 nitrogen and oxygen atoms in total. The first-order valence-electron chi connectivity index (χ1n) is 5.39. The van der Waals surface area contributed by atoms with Crippen molar-refractivity contribution in [2.24, 2.45) is 0 Å². The molecular weight excluding hydrogens is 295 g/mol. The summed E-state index contributed by atoms with van der Waals surface area (Å²) in [5.41, 5.74) is -1.15.